The number of pyridine rings is 1. The standard InChI is InChI=1S/C14H14BrN3S/c1-10-12(15)7-8-13(17-10)18-14(19)16-9-11-5-3-2-4-6-11/h2-8H,9H2,1H3,(H2,16,17,18,19). The van der Waals surface area contributed by atoms with Crippen molar-refractivity contribution in [3.8, 4) is 0 Å². The second-order valence-corrected chi connectivity index (χ2v) is 5.32. The van der Waals surface area contributed by atoms with E-state index < -0.39 is 0 Å². The molecule has 0 saturated carbocycles. The van der Waals surface area contributed by atoms with E-state index in [1.165, 1.54) is 5.56 Å². The minimum absolute atomic E-state index is 0.568. The van der Waals surface area contributed by atoms with Crippen LogP contribution in [0.5, 0.6) is 0 Å². The first kappa shape index (κ1) is 14.0. The van der Waals surface area contributed by atoms with Gasteiger partial charge in [-0.05, 0) is 52.8 Å². The number of thiocarbonyl (C=S) groups is 1. The molecule has 2 N–H and O–H groups in total. The molecular formula is C14H14BrN3S. The summed E-state index contributed by atoms with van der Waals surface area (Å²) in [5.41, 5.74) is 2.11. The summed E-state index contributed by atoms with van der Waals surface area (Å²) in [6, 6.07) is 13.9. The number of anilines is 1. The third kappa shape index (κ3) is 4.29. The molecule has 5 heteroatoms. The van der Waals surface area contributed by atoms with Crippen molar-refractivity contribution >= 4 is 39.1 Å². The van der Waals surface area contributed by atoms with E-state index in [-0.39, 0.29) is 0 Å². The lowest BCUT2D eigenvalue weighted by Gasteiger charge is -2.10. The number of hydrogen-bond donors (Lipinski definition) is 2. The molecular weight excluding hydrogens is 322 g/mol. The highest BCUT2D eigenvalue weighted by molar-refractivity contribution is 9.10. The summed E-state index contributed by atoms with van der Waals surface area (Å²) in [5.74, 6) is 0.742. The minimum atomic E-state index is 0.568. The van der Waals surface area contributed by atoms with Crippen molar-refractivity contribution < 1.29 is 0 Å². The molecule has 0 spiro atoms. The van der Waals surface area contributed by atoms with Crippen molar-refractivity contribution in [2.45, 2.75) is 13.5 Å². The highest BCUT2D eigenvalue weighted by Crippen LogP contribution is 2.16. The van der Waals surface area contributed by atoms with Gasteiger partial charge in [-0.25, -0.2) is 4.98 Å². The van der Waals surface area contributed by atoms with Crippen LogP contribution in [-0.2, 0) is 6.54 Å². The Kier molecular flexibility index (Phi) is 4.87. The zero-order valence-electron chi connectivity index (χ0n) is 10.5. The van der Waals surface area contributed by atoms with Crippen molar-refractivity contribution in [2.75, 3.05) is 5.32 Å². The third-order valence-corrected chi connectivity index (χ3v) is 3.64. The molecule has 0 atom stereocenters. The Morgan fingerprint density at radius 2 is 1.95 bits per heavy atom. The van der Waals surface area contributed by atoms with Crippen molar-refractivity contribution in [2.24, 2.45) is 0 Å². The summed E-state index contributed by atoms with van der Waals surface area (Å²) in [6.07, 6.45) is 0. The number of nitrogens with zero attached hydrogens (tertiary/aromatic N) is 1. The van der Waals surface area contributed by atoms with E-state index in [1.807, 2.05) is 37.3 Å². The topological polar surface area (TPSA) is 37.0 Å². The van der Waals surface area contributed by atoms with Crippen LogP contribution in [0.2, 0.25) is 0 Å². The zero-order chi connectivity index (χ0) is 13.7. The number of halogens is 1. The maximum atomic E-state index is 5.24. The molecule has 1 aromatic carbocycles. The Morgan fingerprint density at radius 1 is 1.21 bits per heavy atom. The van der Waals surface area contributed by atoms with E-state index in [9.17, 15) is 0 Å². The van der Waals surface area contributed by atoms with Crippen LogP contribution >= 0.6 is 28.1 Å². The van der Waals surface area contributed by atoms with Crippen LogP contribution < -0.4 is 10.6 Å². The smallest absolute Gasteiger partial charge is 0.172 e. The molecule has 0 amide bonds. The summed E-state index contributed by atoms with van der Waals surface area (Å²) < 4.78 is 0.987. The lowest BCUT2D eigenvalue weighted by atomic mass is 10.2. The SMILES string of the molecule is Cc1nc(NC(=S)NCc2ccccc2)ccc1Br. The fraction of sp³-hybridized carbons (Fsp3) is 0.143. The molecule has 1 aromatic heterocycles. The molecule has 0 radical (unpaired) electrons. The Labute approximate surface area is 126 Å². The largest absolute Gasteiger partial charge is 0.358 e. The normalized spacial score (nSPS) is 10.0. The van der Waals surface area contributed by atoms with Gasteiger partial charge in [0.05, 0.1) is 5.69 Å². The molecule has 0 bridgehead atoms. The number of rotatable bonds is 3. The molecule has 0 aliphatic carbocycles. The first-order chi connectivity index (χ1) is 9.15. The summed E-state index contributed by atoms with van der Waals surface area (Å²) in [4.78, 5) is 4.38. The van der Waals surface area contributed by atoms with Gasteiger partial charge in [-0.2, -0.15) is 0 Å². The van der Waals surface area contributed by atoms with Gasteiger partial charge in [0, 0.05) is 11.0 Å². The quantitative estimate of drug-likeness (QED) is 0.839. The summed E-state index contributed by atoms with van der Waals surface area (Å²) in [7, 11) is 0. The van der Waals surface area contributed by atoms with Crippen molar-refractivity contribution in [1.82, 2.24) is 10.3 Å². The fourth-order valence-corrected chi connectivity index (χ4v) is 1.95. The van der Waals surface area contributed by atoms with Gasteiger partial charge in [-0.1, -0.05) is 30.3 Å². The zero-order valence-corrected chi connectivity index (χ0v) is 12.9. The van der Waals surface area contributed by atoms with Crippen LogP contribution in [0.4, 0.5) is 5.82 Å². The molecule has 0 fully saturated rings. The maximum absolute atomic E-state index is 5.24. The number of aromatic nitrogens is 1. The van der Waals surface area contributed by atoms with Gasteiger partial charge in [-0.3, -0.25) is 0 Å². The van der Waals surface area contributed by atoms with Gasteiger partial charge < -0.3 is 10.6 Å². The van der Waals surface area contributed by atoms with E-state index in [1.54, 1.807) is 0 Å². The minimum Gasteiger partial charge on any atom is -0.358 e. The molecule has 98 valence electrons. The van der Waals surface area contributed by atoms with Crippen LogP contribution in [-0.4, -0.2) is 10.1 Å². The summed E-state index contributed by atoms with van der Waals surface area (Å²) >= 11 is 8.66. The van der Waals surface area contributed by atoms with E-state index in [0.29, 0.717) is 11.7 Å². The van der Waals surface area contributed by atoms with Gasteiger partial charge in [0.15, 0.2) is 5.11 Å². The average molecular weight is 336 g/mol. The van der Waals surface area contributed by atoms with E-state index in [2.05, 4.69) is 43.7 Å². The Morgan fingerprint density at radius 3 is 2.63 bits per heavy atom. The molecule has 3 nitrogen and oxygen atoms in total. The Hall–Kier alpha value is -1.46. The van der Waals surface area contributed by atoms with Crippen LogP contribution in [0, 0.1) is 6.92 Å². The Bertz CT molecular complexity index is 572. The van der Waals surface area contributed by atoms with Gasteiger partial charge >= 0.3 is 0 Å². The van der Waals surface area contributed by atoms with Crippen molar-refractivity contribution in [3.63, 3.8) is 0 Å². The van der Waals surface area contributed by atoms with Gasteiger partial charge in [0.1, 0.15) is 5.82 Å². The second kappa shape index (κ2) is 6.63. The van der Waals surface area contributed by atoms with Crippen LogP contribution in [0.1, 0.15) is 11.3 Å². The molecule has 2 rings (SSSR count). The Balaban J connectivity index is 1.89. The average Bonchev–Trinajstić information content (AvgIpc) is 2.42. The molecule has 0 unspecified atom stereocenters. The summed E-state index contributed by atoms with van der Waals surface area (Å²) in [6.45, 7) is 2.64. The first-order valence-electron chi connectivity index (χ1n) is 5.87. The summed E-state index contributed by atoms with van der Waals surface area (Å²) in [5, 5.41) is 6.79. The fourth-order valence-electron chi connectivity index (χ4n) is 1.55. The van der Waals surface area contributed by atoms with Gasteiger partial charge in [0.25, 0.3) is 0 Å². The highest BCUT2D eigenvalue weighted by atomic mass is 79.9. The number of hydrogen-bond acceptors (Lipinski definition) is 2. The molecule has 0 aliphatic heterocycles. The van der Waals surface area contributed by atoms with Crippen molar-refractivity contribution in [1.29, 1.82) is 0 Å². The molecule has 1 heterocycles. The highest BCUT2D eigenvalue weighted by Gasteiger charge is 2.01. The predicted octanol–water partition coefficient (Wildman–Crippen LogP) is 3.64. The monoisotopic (exact) mass is 335 g/mol. The first-order valence-corrected chi connectivity index (χ1v) is 7.07. The maximum Gasteiger partial charge on any atom is 0.172 e. The van der Waals surface area contributed by atoms with Crippen LogP contribution in [0.15, 0.2) is 46.9 Å². The lowest BCUT2D eigenvalue weighted by molar-refractivity contribution is 0.924. The molecule has 19 heavy (non-hydrogen) atoms. The predicted molar refractivity (Wildman–Crippen MR) is 86.2 cm³/mol. The molecule has 0 saturated heterocycles. The lowest BCUT2D eigenvalue weighted by Crippen LogP contribution is -2.28. The van der Waals surface area contributed by atoms with Crippen LogP contribution in [0.25, 0.3) is 0 Å². The van der Waals surface area contributed by atoms with Crippen molar-refractivity contribution in [3.05, 3.63) is 58.2 Å². The third-order valence-electron chi connectivity index (χ3n) is 2.56. The van der Waals surface area contributed by atoms with E-state index in [0.717, 1.165) is 16.0 Å². The number of nitrogens with one attached hydrogen (secondary N) is 2. The van der Waals surface area contributed by atoms with Gasteiger partial charge in [0.2, 0.25) is 0 Å². The van der Waals surface area contributed by atoms with Crippen LogP contribution in [0.3, 0.4) is 0 Å². The number of aryl methyl sites for hydroxylation is 1. The second-order valence-electron chi connectivity index (χ2n) is 4.06. The molecule has 2 aromatic rings. The van der Waals surface area contributed by atoms with E-state index in [4.69, 9.17) is 12.2 Å². The van der Waals surface area contributed by atoms with Gasteiger partial charge in [-0.15, -0.1) is 0 Å². The molecule has 0 aliphatic rings. The van der Waals surface area contributed by atoms with E-state index >= 15 is 0 Å². The number of benzene rings is 1.